The van der Waals surface area contributed by atoms with E-state index in [0.29, 0.717) is 13.2 Å². The zero-order chi connectivity index (χ0) is 17.7. The Bertz CT molecular complexity index is 636. The monoisotopic (exact) mass is 342 g/mol. The molecule has 7 heteroatoms. The van der Waals surface area contributed by atoms with Crippen LogP contribution < -0.4 is 5.32 Å². The number of amides is 1. The van der Waals surface area contributed by atoms with Crippen LogP contribution in [-0.4, -0.2) is 44.1 Å². The van der Waals surface area contributed by atoms with Crippen molar-refractivity contribution in [3.63, 3.8) is 0 Å². The van der Waals surface area contributed by atoms with Crippen LogP contribution in [0.4, 0.5) is 0 Å². The van der Waals surface area contributed by atoms with Gasteiger partial charge in [-0.1, -0.05) is 24.3 Å². The van der Waals surface area contributed by atoms with Crippen LogP contribution in [0.2, 0.25) is 0 Å². The van der Waals surface area contributed by atoms with Crippen molar-refractivity contribution >= 4 is 15.9 Å². The molecule has 0 atom stereocenters. The van der Waals surface area contributed by atoms with E-state index in [4.69, 9.17) is 4.74 Å². The molecule has 0 fully saturated rings. The highest BCUT2D eigenvalue weighted by molar-refractivity contribution is 7.88. The van der Waals surface area contributed by atoms with E-state index in [0.717, 1.165) is 21.7 Å². The minimum Gasteiger partial charge on any atom is -0.371 e. The van der Waals surface area contributed by atoms with Gasteiger partial charge in [-0.3, -0.25) is 4.79 Å². The topological polar surface area (TPSA) is 75.7 Å². The summed E-state index contributed by atoms with van der Waals surface area (Å²) in [5, 5.41) is 2.72. The summed E-state index contributed by atoms with van der Waals surface area (Å²) < 4.78 is 29.3. The zero-order valence-electron chi connectivity index (χ0n) is 14.4. The quantitative estimate of drug-likeness (QED) is 0.815. The average Bonchev–Trinajstić information content (AvgIpc) is 2.41. The van der Waals surface area contributed by atoms with Gasteiger partial charge in [-0.2, -0.15) is 4.31 Å². The smallest absolute Gasteiger partial charge is 0.235 e. The number of nitrogens with one attached hydrogen (secondary N) is 1. The first-order chi connectivity index (χ1) is 10.5. The number of rotatable bonds is 7. The summed E-state index contributed by atoms with van der Waals surface area (Å²) in [7, 11) is -1.98. The zero-order valence-corrected chi connectivity index (χ0v) is 15.2. The fraction of sp³-hybridized carbons (Fsp3) is 0.562. The van der Waals surface area contributed by atoms with Crippen LogP contribution in [0.3, 0.4) is 0 Å². The number of ether oxygens (including phenoxy) is 1. The minimum atomic E-state index is -3.35. The standard InChI is InChI=1S/C16H26N2O4S/c1-16(2,3)22-12-14-8-6-7-13(9-14)10-17-15(19)11-18(4)23(5,20)21/h6-9H,10-12H2,1-5H3,(H,17,19). The fourth-order valence-corrected chi connectivity index (χ4v) is 2.06. The molecule has 1 N–H and O–H groups in total. The Hall–Kier alpha value is -1.44. The van der Waals surface area contributed by atoms with Crippen molar-refractivity contribution in [3.8, 4) is 0 Å². The second kappa shape index (κ2) is 7.90. The van der Waals surface area contributed by atoms with Crippen LogP contribution in [0.1, 0.15) is 31.9 Å². The first-order valence-corrected chi connectivity index (χ1v) is 9.22. The highest BCUT2D eigenvalue weighted by Gasteiger charge is 2.15. The van der Waals surface area contributed by atoms with Crippen LogP contribution in [0, 0.1) is 0 Å². The first-order valence-electron chi connectivity index (χ1n) is 7.37. The normalized spacial score (nSPS) is 12.4. The third kappa shape index (κ3) is 8.11. The Morgan fingerprint density at radius 2 is 1.87 bits per heavy atom. The second-order valence-electron chi connectivity index (χ2n) is 6.52. The van der Waals surface area contributed by atoms with Crippen LogP contribution in [0.15, 0.2) is 24.3 Å². The Labute approximate surface area is 138 Å². The van der Waals surface area contributed by atoms with Gasteiger partial charge in [0, 0.05) is 13.6 Å². The number of carbonyl (C=O) groups excluding carboxylic acids is 1. The van der Waals surface area contributed by atoms with Gasteiger partial charge in [0.2, 0.25) is 15.9 Å². The molecule has 1 aromatic carbocycles. The Morgan fingerprint density at radius 3 is 2.43 bits per heavy atom. The molecule has 0 radical (unpaired) electrons. The maximum atomic E-state index is 11.8. The van der Waals surface area contributed by atoms with E-state index in [1.165, 1.54) is 7.05 Å². The summed E-state index contributed by atoms with van der Waals surface area (Å²) in [6.45, 7) is 6.65. The molecule has 0 aromatic heterocycles. The molecule has 6 nitrogen and oxygen atoms in total. The minimum absolute atomic E-state index is 0.189. The van der Waals surface area contributed by atoms with Crippen molar-refractivity contribution in [1.82, 2.24) is 9.62 Å². The van der Waals surface area contributed by atoms with E-state index in [1.54, 1.807) is 0 Å². The number of hydrogen-bond acceptors (Lipinski definition) is 4. The van der Waals surface area contributed by atoms with Crippen LogP contribution >= 0.6 is 0 Å². The highest BCUT2D eigenvalue weighted by Crippen LogP contribution is 2.13. The summed E-state index contributed by atoms with van der Waals surface area (Å²) in [6.07, 6.45) is 1.07. The molecule has 0 aliphatic heterocycles. The molecule has 1 rings (SSSR count). The molecule has 0 saturated heterocycles. The van der Waals surface area contributed by atoms with Gasteiger partial charge in [0.05, 0.1) is 25.0 Å². The van der Waals surface area contributed by atoms with Crippen molar-refractivity contribution in [2.45, 2.75) is 39.5 Å². The SMILES string of the molecule is CN(CC(=O)NCc1cccc(COC(C)(C)C)c1)S(C)(=O)=O. The second-order valence-corrected chi connectivity index (χ2v) is 8.61. The predicted molar refractivity (Wildman–Crippen MR) is 90.3 cm³/mol. The van der Waals surface area contributed by atoms with Crippen LogP contribution in [-0.2, 0) is 32.7 Å². The van der Waals surface area contributed by atoms with E-state index in [-0.39, 0.29) is 18.1 Å². The number of nitrogens with zero attached hydrogens (tertiary/aromatic N) is 1. The van der Waals surface area contributed by atoms with E-state index in [1.807, 2.05) is 45.0 Å². The molecular formula is C16H26N2O4S. The van der Waals surface area contributed by atoms with Crippen molar-refractivity contribution in [2.75, 3.05) is 19.8 Å². The van der Waals surface area contributed by atoms with Crippen molar-refractivity contribution in [2.24, 2.45) is 0 Å². The molecule has 0 aliphatic carbocycles. The van der Waals surface area contributed by atoms with Gasteiger partial charge in [0.25, 0.3) is 0 Å². The largest absolute Gasteiger partial charge is 0.371 e. The summed E-state index contributed by atoms with van der Waals surface area (Å²) in [5.41, 5.74) is 1.76. The van der Waals surface area contributed by atoms with Gasteiger partial charge < -0.3 is 10.1 Å². The van der Waals surface area contributed by atoms with E-state index in [9.17, 15) is 13.2 Å². The molecular weight excluding hydrogens is 316 g/mol. The van der Waals surface area contributed by atoms with Crippen LogP contribution in [0.5, 0.6) is 0 Å². The molecule has 1 aromatic rings. The fourth-order valence-electron chi connectivity index (χ4n) is 1.71. The lowest BCUT2D eigenvalue weighted by Crippen LogP contribution is -2.37. The lowest BCUT2D eigenvalue weighted by atomic mass is 10.1. The average molecular weight is 342 g/mol. The molecule has 0 aliphatic rings. The van der Waals surface area contributed by atoms with Gasteiger partial charge in [0.15, 0.2) is 0 Å². The molecule has 0 bridgehead atoms. The molecule has 1 amide bonds. The molecule has 0 spiro atoms. The maximum absolute atomic E-state index is 11.8. The summed E-state index contributed by atoms with van der Waals surface area (Å²) in [4.78, 5) is 11.8. The van der Waals surface area contributed by atoms with Gasteiger partial charge >= 0.3 is 0 Å². The maximum Gasteiger partial charge on any atom is 0.235 e. The number of sulfonamides is 1. The van der Waals surface area contributed by atoms with Gasteiger partial charge in [-0.25, -0.2) is 8.42 Å². The summed E-state index contributed by atoms with van der Waals surface area (Å²) >= 11 is 0. The van der Waals surface area contributed by atoms with Crippen molar-refractivity contribution in [1.29, 1.82) is 0 Å². The Kier molecular flexibility index (Phi) is 6.73. The van der Waals surface area contributed by atoms with Crippen LogP contribution in [0.25, 0.3) is 0 Å². The molecule has 0 heterocycles. The number of hydrogen-bond donors (Lipinski definition) is 1. The molecule has 130 valence electrons. The van der Waals surface area contributed by atoms with E-state index in [2.05, 4.69) is 5.32 Å². The van der Waals surface area contributed by atoms with Gasteiger partial charge in [0.1, 0.15) is 0 Å². The molecule has 0 saturated carbocycles. The predicted octanol–water partition coefficient (Wildman–Crippen LogP) is 1.51. The highest BCUT2D eigenvalue weighted by atomic mass is 32.2. The number of benzene rings is 1. The lowest BCUT2D eigenvalue weighted by Gasteiger charge is -2.19. The van der Waals surface area contributed by atoms with Crippen molar-refractivity contribution in [3.05, 3.63) is 35.4 Å². The van der Waals surface area contributed by atoms with Gasteiger partial charge in [-0.15, -0.1) is 0 Å². The summed E-state index contributed by atoms with van der Waals surface area (Å²) in [6, 6.07) is 7.74. The molecule has 0 unspecified atom stereocenters. The van der Waals surface area contributed by atoms with E-state index >= 15 is 0 Å². The van der Waals surface area contributed by atoms with Crippen molar-refractivity contribution < 1.29 is 17.9 Å². The summed E-state index contributed by atoms with van der Waals surface area (Å²) in [5.74, 6) is -0.339. The Morgan fingerprint density at radius 1 is 1.26 bits per heavy atom. The molecule has 23 heavy (non-hydrogen) atoms. The Balaban J connectivity index is 2.53. The van der Waals surface area contributed by atoms with E-state index < -0.39 is 10.0 Å². The third-order valence-electron chi connectivity index (χ3n) is 3.09. The third-order valence-corrected chi connectivity index (χ3v) is 4.35. The number of likely N-dealkylation sites (N-methyl/N-ethyl adjacent to an activating group) is 1. The van der Waals surface area contributed by atoms with Gasteiger partial charge in [-0.05, 0) is 31.9 Å². The number of carbonyl (C=O) groups is 1. The lowest BCUT2D eigenvalue weighted by molar-refractivity contribution is -0.121. The first kappa shape index (κ1) is 19.6.